The molecule has 0 saturated carbocycles. The minimum atomic E-state index is -0.668. The van der Waals surface area contributed by atoms with Crippen molar-refractivity contribution in [1.82, 2.24) is 10.6 Å². The highest BCUT2D eigenvalue weighted by Crippen LogP contribution is 1.95. The number of nitrogens with one attached hydrogen (secondary N) is 2. The summed E-state index contributed by atoms with van der Waals surface area (Å²) in [6, 6.07) is -1.15. The highest BCUT2D eigenvalue weighted by atomic mass is 16.6. The quantitative estimate of drug-likeness (QED) is 0.416. The van der Waals surface area contributed by atoms with Crippen LogP contribution in [0.1, 0.15) is 6.92 Å². The van der Waals surface area contributed by atoms with Crippen LogP contribution in [0.3, 0.4) is 0 Å². The molecule has 0 aromatic rings. The molecule has 0 aliphatic carbocycles. The maximum Gasteiger partial charge on any atom is 0.245 e. The first kappa shape index (κ1) is 8.95. The number of piperazine rings is 1. The number of rotatable bonds is 2. The summed E-state index contributed by atoms with van der Waals surface area (Å²) in [5, 5.41) is 4.94. The largest absolute Gasteiger partial charge is 0.343 e. The molecule has 0 spiro atoms. The lowest BCUT2D eigenvalue weighted by molar-refractivity contribution is -0.137. The molecule has 0 radical (unpaired) electrons. The molecule has 6 nitrogen and oxygen atoms in total. The predicted octanol–water partition coefficient (Wildman–Crippen LogP) is -2.12. The molecule has 68 valence electrons. The highest BCUT2D eigenvalue weighted by Gasteiger charge is 2.30. The van der Waals surface area contributed by atoms with Crippen LogP contribution >= 0.6 is 0 Å². The maximum absolute atomic E-state index is 11.1. The Morgan fingerprint density at radius 2 is 2.08 bits per heavy atom. The Morgan fingerprint density at radius 1 is 1.42 bits per heavy atom. The van der Waals surface area contributed by atoms with Crippen molar-refractivity contribution in [3.8, 4) is 0 Å². The van der Waals surface area contributed by atoms with Crippen LogP contribution in [0, 0.1) is 0 Å². The fourth-order valence-electron chi connectivity index (χ4n) is 0.955. The number of carbonyl (C=O) groups is 2. The molecular weight excluding hydrogens is 162 g/mol. The number of nitrogens with two attached hydrogens (primary N) is 1. The van der Waals surface area contributed by atoms with Crippen molar-refractivity contribution >= 4 is 11.8 Å². The summed E-state index contributed by atoms with van der Waals surface area (Å²) in [5.41, 5.74) is 0. The van der Waals surface area contributed by atoms with E-state index in [9.17, 15) is 9.59 Å². The van der Waals surface area contributed by atoms with Gasteiger partial charge in [-0.3, -0.25) is 9.59 Å². The first-order valence-electron chi connectivity index (χ1n) is 3.57. The van der Waals surface area contributed by atoms with Crippen LogP contribution in [0.25, 0.3) is 0 Å². The summed E-state index contributed by atoms with van der Waals surface area (Å²) in [4.78, 5) is 26.3. The second-order valence-corrected chi connectivity index (χ2v) is 2.62. The van der Waals surface area contributed by atoms with E-state index in [0.29, 0.717) is 0 Å². The summed E-state index contributed by atoms with van der Waals surface area (Å²) in [6.07, 6.45) is 0. The fourth-order valence-corrected chi connectivity index (χ4v) is 0.955. The molecule has 1 fully saturated rings. The standard InChI is InChI=1S/C6H11N3O3/c1-3-5(10)9-4(2-12-7)6(11)8-3/h3-4H,2,7H2,1H3,(H,8,11)(H,9,10)/t3-,4+/m1/s1. The van der Waals surface area contributed by atoms with Gasteiger partial charge in [0.2, 0.25) is 11.8 Å². The number of hydrogen-bond donors (Lipinski definition) is 3. The molecule has 0 aromatic heterocycles. The number of hydrogen-bond acceptors (Lipinski definition) is 4. The molecule has 1 aliphatic rings. The van der Waals surface area contributed by atoms with Crippen LogP contribution in [-0.2, 0) is 14.4 Å². The molecule has 12 heavy (non-hydrogen) atoms. The molecule has 1 heterocycles. The predicted molar refractivity (Wildman–Crippen MR) is 39.7 cm³/mol. The minimum absolute atomic E-state index is 0.00963. The van der Waals surface area contributed by atoms with Crippen LogP contribution in [0.15, 0.2) is 0 Å². The lowest BCUT2D eigenvalue weighted by atomic mass is 10.1. The first-order valence-corrected chi connectivity index (χ1v) is 3.57. The third-order valence-corrected chi connectivity index (χ3v) is 1.65. The van der Waals surface area contributed by atoms with Gasteiger partial charge in [-0.2, -0.15) is 0 Å². The van der Waals surface area contributed by atoms with Crippen LogP contribution in [-0.4, -0.2) is 30.5 Å². The lowest BCUT2D eigenvalue weighted by Crippen LogP contribution is -2.62. The third-order valence-electron chi connectivity index (χ3n) is 1.65. The molecule has 4 N–H and O–H groups in total. The monoisotopic (exact) mass is 173 g/mol. The van der Waals surface area contributed by atoms with E-state index in [2.05, 4.69) is 15.5 Å². The summed E-state index contributed by atoms with van der Waals surface area (Å²) in [5.74, 6) is 4.27. The summed E-state index contributed by atoms with van der Waals surface area (Å²) in [7, 11) is 0. The van der Waals surface area contributed by atoms with Gasteiger partial charge in [0, 0.05) is 0 Å². The zero-order chi connectivity index (χ0) is 9.14. The molecular formula is C6H11N3O3. The second-order valence-electron chi connectivity index (χ2n) is 2.62. The van der Waals surface area contributed by atoms with E-state index in [1.807, 2.05) is 0 Å². The van der Waals surface area contributed by atoms with Crippen molar-refractivity contribution in [2.75, 3.05) is 6.61 Å². The van der Waals surface area contributed by atoms with E-state index in [1.54, 1.807) is 6.92 Å². The van der Waals surface area contributed by atoms with Crippen molar-refractivity contribution < 1.29 is 14.4 Å². The second kappa shape index (κ2) is 3.51. The minimum Gasteiger partial charge on any atom is -0.343 e. The van der Waals surface area contributed by atoms with Crippen LogP contribution < -0.4 is 16.5 Å². The number of amides is 2. The number of carbonyl (C=O) groups excluding carboxylic acids is 2. The molecule has 2 amide bonds. The molecule has 1 saturated heterocycles. The van der Waals surface area contributed by atoms with Gasteiger partial charge in [0.1, 0.15) is 12.1 Å². The third kappa shape index (κ3) is 1.72. The Morgan fingerprint density at radius 3 is 2.67 bits per heavy atom. The van der Waals surface area contributed by atoms with Gasteiger partial charge in [-0.05, 0) is 6.92 Å². The average molecular weight is 173 g/mol. The van der Waals surface area contributed by atoms with E-state index in [-0.39, 0.29) is 18.4 Å². The molecule has 6 heteroatoms. The van der Waals surface area contributed by atoms with Gasteiger partial charge in [0.25, 0.3) is 0 Å². The summed E-state index contributed by atoms with van der Waals surface area (Å²) in [6.45, 7) is 1.59. The van der Waals surface area contributed by atoms with Crippen LogP contribution in [0.4, 0.5) is 0 Å². The van der Waals surface area contributed by atoms with Crippen molar-refractivity contribution in [3.05, 3.63) is 0 Å². The van der Waals surface area contributed by atoms with Gasteiger partial charge in [-0.15, -0.1) is 0 Å². The summed E-state index contributed by atoms with van der Waals surface area (Å²) >= 11 is 0. The van der Waals surface area contributed by atoms with Crippen LogP contribution in [0.5, 0.6) is 0 Å². The Balaban J connectivity index is 2.55. The highest BCUT2D eigenvalue weighted by molar-refractivity contribution is 5.96. The van der Waals surface area contributed by atoms with E-state index in [1.165, 1.54) is 0 Å². The van der Waals surface area contributed by atoms with Crippen molar-refractivity contribution in [2.24, 2.45) is 5.90 Å². The SMILES string of the molecule is C[C@H]1NC(=O)[C@H](CON)NC1=O. The molecule has 0 bridgehead atoms. The summed E-state index contributed by atoms with van der Waals surface area (Å²) < 4.78 is 0. The topological polar surface area (TPSA) is 93.4 Å². The van der Waals surface area contributed by atoms with Crippen molar-refractivity contribution in [1.29, 1.82) is 0 Å². The Hall–Kier alpha value is -1.14. The normalized spacial score (nSPS) is 29.5. The Bertz CT molecular complexity index is 206. The van der Waals surface area contributed by atoms with Gasteiger partial charge in [-0.25, -0.2) is 5.90 Å². The fraction of sp³-hybridized carbons (Fsp3) is 0.667. The van der Waals surface area contributed by atoms with Crippen molar-refractivity contribution in [2.45, 2.75) is 19.0 Å². The lowest BCUT2D eigenvalue weighted by Gasteiger charge is -2.26. The van der Waals surface area contributed by atoms with Gasteiger partial charge in [-0.1, -0.05) is 0 Å². The van der Waals surface area contributed by atoms with Gasteiger partial charge < -0.3 is 15.5 Å². The Kier molecular flexibility index (Phi) is 2.61. The molecule has 1 rings (SSSR count). The molecule has 0 aromatic carbocycles. The van der Waals surface area contributed by atoms with Gasteiger partial charge >= 0.3 is 0 Å². The Labute approximate surface area is 69.4 Å². The molecule has 1 aliphatic heterocycles. The maximum atomic E-state index is 11.1. The zero-order valence-corrected chi connectivity index (χ0v) is 6.66. The average Bonchev–Trinajstić information content (AvgIpc) is 2.01. The van der Waals surface area contributed by atoms with Gasteiger partial charge in [0.05, 0.1) is 6.61 Å². The molecule has 0 unspecified atom stereocenters. The van der Waals surface area contributed by atoms with Crippen LogP contribution in [0.2, 0.25) is 0 Å². The zero-order valence-electron chi connectivity index (χ0n) is 6.66. The van der Waals surface area contributed by atoms with Crippen molar-refractivity contribution in [3.63, 3.8) is 0 Å². The first-order chi connectivity index (χ1) is 5.65. The molecule has 2 atom stereocenters. The van der Waals surface area contributed by atoms with E-state index < -0.39 is 12.1 Å². The van der Waals surface area contributed by atoms with E-state index in [0.717, 1.165) is 0 Å². The smallest absolute Gasteiger partial charge is 0.245 e. The van der Waals surface area contributed by atoms with E-state index in [4.69, 9.17) is 5.90 Å². The van der Waals surface area contributed by atoms with E-state index >= 15 is 0 Å². The van der Waals surface area contributed by atoms with Gasteiger partial charge in [0.15, 0.2) is 0 Å².